The normalized spacial score (nSPS) is 15.3. The van der Waals surface area contributed by atoms with Gasteiger partial charge in [-0.1, -0.05) is 13.3 Å². The summed E-state index contributed by atoms with van der Waals surface area (Å²) >= 11 is 0. The lowest BCUT2D eigenvalue weighted by atomic mass is 10.2. The summed E-state index contributed by atoms with van der Waals surface area (Å²) in [5.74, 6) is -0.276. The maximum absolute atomic E-state index is 13.3. The molecule has 1 fully saturated rings. The van der Waals surface area contributed by atoms with E-state index in [1.807, 2.05) is 6.92 Å². The van der Waals surface area contributed by atoms with Crippen molar-refractivity contribution in [1.82, 2.24) is 18.9 Å². The number of aryl methyl sites for hydroxylation is 2. The van der Waals surface area contributed by atoms with Crippen LogP contribution in [0.4, 0.5) is 4.39 Å². The molecule has 10 heteroatoms. The predicted molar refractivity (Wildman–Crippen MR) is 119 cm³/mol. The first-order chi connectivity index (χ1) is 15.2. The lowest BCUT2D eigenvalue weighted by Gasteiger charge is -2.15. The average molecular weight is 463 g/mol. The molecule has 0 amide bonds. The van der Waals surface area contributed by atoms with Crippen molar-refractivity contribution in [3.05, 3.63) is 57.0 Å². The van der Waals surface area contributed by atoms with Gasteiger partial charge in [0.05, 0.1) is 41.0 Å². The van der Waals surface area contributed by atoms with E-state index in [0.717, 1.165) is 17.4 Å². The molecule has 0 unspecified atom stereocenters. The predicted octanol–water partition coefficient (Wildman–Crippen LogP) is 2.27. The number of rotatable bonds is 9. The molecule has 3 aromatic rings. The largest absolute Gasteiger partial charge is 0.331 e. The quantitative estimate of drug-likeness (QED) is 0.486. The fraction of sp³-hybridized carbons (Fsp3) is 0.500. The lowest BCUT2D eigenvalue weighted by Crippen LogP contribution is -2.40. The Morgan fingerprint density at radius 3 is 2.53 bits per heavy atom. The number of sulfone groups is 1. The molecule has 0 aliphatic heterocycles. The standard InChI is InChI=1S/C22H27FN4O4S/c1-3-4-9-26-19-6-5-17(32(30,31)15-22(14-23)7-8-22)10-18(19)20(28)27(21(26)29)13-16-11-24-25(2)12-16/h5-6,10-12H,3-4,7-9,13-15H2,1-2H3. The van der Waals surface area contributed by atoms with E-state index < -0.39 is 33.2 Å². The molecule has 1 aliphatic carbocycles. The molecule has 0 spiro atoms. The highest BCUT2D eigenvalue weighted by Gasteiger charge is 2.46. The Morgan fingerprint density at radius 1 is 1.19 bits per heavy atom. The van der Waals surface area contributed by atoms with E-state index in [4.69, 9.17) is 0 Å². The molecule has 1 aromatic carbocycles. The van der Waals surface area contributed by atoms with Crippen molar-refractivity contribution in [2.45, 2.75) is 50.6 Å². The van der Waals surface area contributed by atoms with E-state index in [2.05, 4.69) is 5.10 Å². The number of fused-ring (bicyclic) bond motifs is 1. The van der Waals surface area contributed by atoms with Crippen LogP contribution in [0.2, 0.25) is 0 Å². The van der Waals surface area contributed by atoms with Crippen LogP contribution < -0.4 is 11.2 Å². The summed E-state index contributed by atoms with van der Waals surface area (Å²) in [5, 5.41) is 4.25. The smallest absolute Gasteiger partial charge is 0.293 e. The molecule has 0 atom stereocenters. The molecule has 0 N–H and O–H groups in total. The maximum atomic E-state index is 13.3. The summed E-state index contributed by atoms with van der Waals surface area (Å²) in [4.78, 5) is 26.4. The fourth-order valence-electron chi connectivity index (χ4n) is 3.98. The van der Waals surface area contributed by atoms with Gasteiger partial charge in [0, 0.05) is 30.8 Å². The van der Waals surface area contributed by atoms with Crippen molar-refractivity contribution in [2.24, 2.45) is 12.5 Å². The summed E-state index contributed by atoms with van der Waals surface area (Å²) in [6.45, 7) is 1.78. The number of unbranched alkanes of at least 4 members (excludes halogenated alkanes) is 1. The minimum absolute atomic E-state index is 0.0181. The van der Waals surface area contributed by atoms with Crippen molar-refractivity contribution in [1.29, 1.82) is 0 Å². The highest BCUT2D eigenvalue weighted by atomic mass is 32.2. The molecule has 2 heterocycles. The molecule has 0 bridgehead atoms. The summed E-state index contributed by atoms with van der Waals surface area (Å²) in [6.07, 6.45) is 5.99. The molecule has 0 saturated heterocycles. The number of hydrogen-bond donors (Lipinski definition) is 0. The van der Waals surface area contributed by atoms with E-state index in [1.54, 1.807) is 24.1 Å². The van der Waals surface area contributed by atoms with Gasteiger partial charge in [0.1, 0.15) is 0 Å². The van der Waals surface area contributed by atoms with Gasteiger partial charge in [-0.3, -0.25) is 23.0 Å². The number of benzene rings is 1. The zero-order chi connectivity index (χ0) is 23.1. The maximum Gasteiger partial charge on any atom is 0.331 e. The number of nitrogens with zero attached hydrogens (tertiary/aromatic N) is 4. The van der Waals surface area contributed by atoms with Crippen LogP contribution in [0.1, 0.15) is 38.2 Å². The first-order valence-electron chi connectivity index (χ1n) is 10.7. The van der Waals surface area contributed by atoms with Crippen LogP contribution in [-0.4, -0.2) is 39.8 Å². The third-order valence-corrected chi connectivity index (χ3v) is 8.09. The summed E-state index contributed by atoms with van der Waals surface area (Å²) in [7, 11) is -2.03. The van der Waals surface area contributed by atoms with Gasteiger partial charge >= 0.3 is 5.69 Å². The van der Waals surface area contributed by atoms with Gasteiger partial charge < -0.3 is 0 Å². The first kappa shape index (κ1) is 22.4. The van der Waals surface area contributed by atoms with Crippen molar-refractivity contribution in [2.75, 3.05) is 12.4 Å². The van der Waals surface area contributed by atoms with E-state index in [-0.39, 0.29) is 22.6 Å². The SMILES string of the molecule is CCCCn1c(=O)n(Cc2cnn(C)c2)c(=O)c2cc(S(=O)(=O)CC3(CF)CC3)ccc21. The van der Waals surface area contributed by atoms with Gasteiger partial charge in [0.15, 0.2) is 9.84 Å². The van der Waals surface area contributed by atoms with Crippen molar-refractivity contribution in [3.8, 4) is 0 Å². The van der Waals surface area contributed by atoms with Crippen LogP contribution in [0.3, 0.4) is 0 Å². The molecule has 1 saturated carbocycles. The van der Waals surface area contributed by atoms with Gasteiger partial charge in [0.2, 0.25) is 0 Å². The van der Waals surface area contributed by atoms with Crippen molar-refractivity contribution < 1.29 is 12.8 Å². The number of halogens is 1. The molecular weight excluding hydrogens is 435 g/mol. The zero-order valence-corrected chi connectivity index (χ0v) is 19.1. The van der Waals surface area contributed by atoms with Gasteiger partial charge in [-0.05, 0) is 37.5 Å². The summed E-state index contributed by atoms with van der Waals surface area (Å²) in [6, 6.07) is 4.27. The molecule has 32 heavy (non-hydrogen) atoms. The minimum atomic E-state index is -3.77. The zero-order valence-electron chi connectivity index (χ0n) is 18.3. The molecule has 2 aromatic heterocycles. The van der Waals surface area contributed by atoms with Crippen LogP contribution in [0.5, 0.6) is 0 Å². The van der Waals surface area contributed by atoms with Crippen LogP contribution >= 0.6 is 0 Å². The van der Waals surface area contributed by atoms with E-state index in [0.29, 0.717) is 30.5 Å². The lowest BCUT2D eigenvalue weighted by molar-refractivity contribution is 0.367. The Bertz CT molecular complexity index is 1380. The monoisotopic (exact) mass is 462 g/mol. The number of hydrogen-bond acceptors (Lipinski definition) is 5. The van der Waals surface area contributed by atoms with E-state index in [9.17, 15) is 22.4 Å². The second kappa shape index (κ2) is 8.31. The van der Waals surface area contributed by atoms with Crippen LogP contribution in [0.15, 0.2) is 45.1 Å². The van der Waals surface area contributed by atoms with E-state index in [1.165, 1.54) is 22.8 Å². The Morgan fingerprint density at radius 2 is 1.94 bits per heavy atom. The molecule has 172 valence electrons. The highest BCUT2D eigenvalue weighted by molar-refractivity contribution is 7.91. The second-order valence-electron chi connectivity index (χ2n) is 8.77. The second-order valence-corrected chi connectivity index (χ2v) is 10.8. The van der Waals surface area contributed by atoms with Crippen molar-refractivity contribution in [3.63, 3.8) is 0 Å². The number of alkyl halides is 1. The Kier molecular flexibility index (Phi) is 5.83. The van der Waals surface area contributed by atoms with Crippen LogP contribution in [0, 0.1) is 5.41 Å². The van der Waals surface area contributed by atoms with Gasteiger partial charge in [-0.2, -0.15) is 5.10 Å². The first-order valence-corrected chi connectivity index (χ1v) is 12.4. The molecule has 0 radical (unpaired) electrons. The summed E-state index contributed by atoms with van der Waals surface area (Å²) in [5.41, 5.74) is -0.694. The summed E-state index contributed by atoms with van der Waals surface area (Å²) < 4.78 is 43.4. The topological polar surface area (TPSA) is 96.0 Å². The molecular formula is C22H27FN4O4S. The van der Waals surface area contributed by atoms with Gasteiger partial charge in [-0.25, -0.2) is 13.2 Å². The average Bonchev–Trinajstić information content (AvgIpc) is 3.41. The third-order valence-electron chi connectivity index (χ3n) is 6.13. The highest BCUT2D eigenvalue weighted by Crippen LogP contribution is 2.47. The fourth-order valence-corrected chi connectivity index (χ4v) is 5.90. The number of aromatic nitrogens is 4. The Labute approximate surface area is 185 Å². The van der Waals surface area contributed by atoms with Crippen molar-refractivity contribution >= 4 is 20.7 Å². The van der Waals surface area contributed by atoms with Gasteiger partial charge in [-0.15, -0.1) is 0 Å². The van der Waals surface area contributed by atoms with Gasteiger partial charge in [0.25, 0.3) is 5.56 Å². The third kappa shape index (κ3) is 4.15. The Hall–Kier alpha value is -2.75. The molecule has 8 nitrogen and oxygen atoms in total. The minimum Gasteiger partial charge on any atom is -0.293 e. The molecule has 1 aliphatic rings. The Balaban J connectivity index is 1.87. The van der Waals surface area contributed by atoms with E-state index >= 15 is 0 Å². The van der Waals surface area contributed by atoms with Crippen LogP contribution in [0.25, 0.3) is 10.9 Å². The molecule has 4 rings (SSSR count). The van der Waals surface area contributed by atoms with Crippen LogP contribution in [-0.2, 0) is 30.0 Å².